The second kappa shape index (κ2) is 7.56. The number of aryl methyl sites for hydroxylation is 1. The van der Waals surface area contributed by atoms with E-state index in [4.69, 9.17) is 14.2 Å². The molecule has 1 aliphatic rings. The molecule has 0 aliphatic carbocycles. The smallest absolute Gasteiger partial charge is 0.344 e. The fourth-order valence-corrected chi connectivity index (χ4v) is 2.45. The highest BCUT2D eigenvalue weighted by atomic mass is 19.1. The monoisotopic (exact) mass is 353 g/mol. The van der Waals surface area contributed by atoms with Crippen LogP contribution in [0.1, 0.15) is 12.8 Å². The number of ether oxygens (including phenoxy) is 3. The van der Waals surface area contributed by atoms with Crippen LogP contribution in [0.4, 0.5) is 8.78 Å². The molecule has 134 valence electrons. The summed E-state index contributed by atoms with van der Waals surface area (Å²) in [5.41, 5.74) is 0.0761. The summed E-state index contributed by atoms with van der Waals surface area (Å²) in [6, 6.07) is 3.03. The lowest BCUT2D eigenvalue weighted by molar-refractivity contribution is -0.149. The van der Waals surface area contributed by atoms with E-state index in [2.05, 4.69) is 10.1 Å². The maximum Gasteiger partial charge on any atom is 0.344 e. The van der Waals surface area contributed by atoms with Gasteiger partial charge in [0.05, 0.1) is 11.7 Å². The first-order valence-electron chi connectivity index (χ1n) is 7.79. The molecule has 3 rings (SSSR count). The number of hydrogen-bond acceptors (Lipinski definition) is 6. The predicted molar refractivity (Wildman–Crippen MR) is 81.8 cm³/mol. The fraction of sp³-hybridized carbons (Fsp3) is 0.438. The number of hydrogen-bond donors (Lipinski definition) is 0. The van der Waals surface area contributed by atoms with Gasteiger partial charge in [-0.1, -0.05) is 0 Å². The summed E-state index contributed by atoms with van der Waals surface area (Å²) >= 11 is 0. The molecule has 0 spiro atoms. The van der Waals surface area contributed by atoms with Gasteiger partial charge < -0.3 is 14.2 Å². The highest BCUT2D eigenvalue weighted by molar-refractivity contribution is 5.71. The molecule has 2 aromatic rings. The third kappa shape index (κ3) is 4.30. The standard InChI is InChI=1S/C16H17F2N3O4/c1-21-15(12-5-4-10(17)7-13(12)18)19-16(20-21)25-9-14(22)24-8-11-3-2-6-23-11/h4-5,7,11H,2-3,6,8-9H2,1H3. The van der Waals surface area contributed by atoms with Crippen LogP contribution in [0.2, 0.25) is 0 Å². The molecule has 1 saturated heterocycles. The number of carbonyl (C=O) groups is 1. The van der Waals surface area contributed by atoms with Crippen LogP contribution < -0.4 is 4.74 Å². The second-order valence-corrected chi connectivity index (χ2v) is 5.57. The van der Waals surface area contributed by atoms with E-state index in [9.17, 15) is 13.6 Å². The zero-order valence-electron chi connectivity index (χ0n) is 13.6. The Labute approximate surface area is 142 Å². The number of carbonyl (C=O) groups excluding carboxylic acids is 1. The minimum atomic E-state index is -0.766. The highest BCUT2D eigenvalue weighted by Crippen LogP contribution is 2.23. The summed E-state index contributed by atoms with van der Waals surface area (Å²) in [6.07, 6.45) is 1.76. The Kier molecular flexibility index (Phi) is 5.22. The molecule has 1 aliphatic heterocycles. The molecule has 7 nitrogen and oxygen atoms in total. The Morgan fingerprint density at radius 2 is 2.28 bits per heavy atom. The zero-order chi connectivity index (χ0) is 17.8. The third-order valence-electron chi connectivity index (χ3n) is 3.69. The normalized spacial score (nSPS) is 16.8. The van der Waals surface area contributed by atoms with Gasteiger partial charge in [-0.3, -0.25) is 0 Å². The molecular weight excluding hydrogens is 336 g/mol. The average molecular weight is 353 g/mol. The Balaban J connectivity index is 1.57. The van der Waals surface area contributed by atoms with Crippen LogP contribution >= 0.6 is 0 Å². The second-order valence-electron chi connectivity index (χ2n) is 5.57. The largest absolute Gasteiger partial charge is 0.460 e. The summed E-state index contributed by atoms with van der Waals surface area (Å²) in [5, 5.41) is 3.95. The van der Waals surface area contributed by atoms with Gasteiger partial charge in [0, 0.05) is 19.7 Å². The Bertz CT molecular complexity index is 760. The van der Waals surface area contributed by atoms with Gasteiger partial charge in [-0.25, -0.2) is 18.3 Å². The number of aromatic nitrogens is 3. The summed E-state index contributed by atoms with van der Waals surface area (Å²) in [5.74, 6) is -1.87. The Morgan fingerprint density at radius 3 is 3.00 bits per heavy atom. The van der Waals surface area contributed by atoms with E-state index < -0.39 is 17.6 Å². The van der Waals surface area contributed by atoms with Gasteiger partial charge in [0.1, 0.15) is 18.2 Å². The molecule has 0 radical (unpaired) electrons. The van der Waals surface area contributed by atoms with E-state index in [1.807, 2.05) is 0 Å². The summed E-state index contributed by atoms with van der Waals surface area (Å²) in [4.78, 5) is 15.7. The van der Waals surface area contributed by atoms with Crippen molar-refractivity contribution >= 4 is 5.97 Å². The van der Waals surface area contributed by atoms with Crippen molar-refractivity contribution < 1.29 is 27.8 Å². The van der Waals surface area contributed by atoms with Crippen LogP contribution in [0, 0.1) is 11.6 Å². The van der Waals surface area contributed by atoms with Crippen molar-refractivity contribution in [3.8, 4) is 17.4 Å². The van der Waals surface area contributed by atoms with Crippen LogP contribution in [0.15, 0.2) is 18.2 Å². The van der Waals surface area contributed by atoms with E-state index in [1.165, 1.54) is 17.8 Å². The lowest BCUT2D eigenvalue weighted by Gasteiger charge is -2.09. The average Bonchev–Trinajstić information content (AvgIpc) is 3.21. The van der Waals surface area contributed by atoms with Crippen molar-refractivity contribution in [3.05, 3.63) is 29.8 Å². The van der Waals surface area contributed by atoms with Crippen LogP contribution in [0.25, 0.3) is 11.4 Å². The molecule has 1 atom stereocenters. The molecule has 25 heavy (non-hydrogen) atoms. The van der Waals surface area contributed by atoms with Gasteiger partial charge in [-0.2, -0.15) is 4.98 Å². The number of esters is 1. The van der Waals surface area contributed by atoms with Crippen LogP contribution in [0.3, 0.4) is 0 Å². The highest BCUT2D eigenvalue weighted by Gasteiger charge is 2.19. The van der Waals surface area contributed by atoms with Gasteiger partial charge in [0.2, 0.25) is 0 Å². The molecule has 1 unspecified atom stereocenters. The molecule has 2 heterocycles. The minimum Gasteiger partial charge on any atom is -0.460 e. The van der Waals surface area contributed by atoms with Gasteiger partial charge in [-0.15, -0.1) is 5.10 Å². The number of nitrogens with zero attached hydrogens (tertiary/aromatic N) is 3. The molecule has 9 heteroatoms. The first kappa shape index (κ1) is 17.3. The maximum absolute atomic E-state index is 13.8. The van der Waals surface area contributed by atoms with Crippen molar-refractivity contribution in [1.29, 1.82) is 0 Å². The van der Waals surface area contributed by atoms with Crippen LogP contribution in [-0.2, 0) is 21.3 Å². The molecule has 0 saturated carbocycles. The number of rotatable bonds is 6. The molecule has 1 fully saturated rings. The van der Waals surface area contributed by atoms with E-state index in [1.54, 1.807) is 0 Å². The summed E-state index contributed by atoms with van der Waals surface area (Å²) < 4.78 is 43.7. The van der Waals surface area contributed by atoms with Crippen molar-refractivity contribution in [2.24, 2.45) is 7.05 Å². The number of benzene rings is 1. The SMILES string of the molecule is Cn1nc(OCC(=O)OCC2CCCO2)nc1-c1ccc(F)cc1F. The lowest BCUT2D eigenvalue weighted by Crippen LogP contribution is -2.22. The van der Waals surface area contributed by atoms with Crippen molar-refractivity contribution in [3.63, 3.8) is 0 Å². The Hall–Kier alpha value is -2.55. The molecular formula is C16H17F2N3O4. The van der Waals surface area contributed by atoms with Crippen LogP contribution in [-0.4, -0.2) is 46.7 Å². The maximum atomic E-state index is 13.8. The van der Waals surface area contributed by atoms with Gasteiger partial charge in [0.15, 0.2) is 12.4 Å². The van der Waals surface area contributed by atoms with Crippen molar-refractivity contribution in [2.45, 2.75) is 18.9 Å². The van der Waals surface area contributed by atoms with Gasteiger partial charge in [-0.05, 0) is 25.0 Å². The van der Waals surface area contributed by atoms with Crippen molar-refractivity contribution in [2.75, 3.05) is 19.8 Å². The summed E-state index contributed by atoms with van der Waals surface area (Å²) in [7, 11) is 1.54. The molecule has 0 bridgehead atoms. The first-order valence-corrected chi connectivity index (χ1v) is 7.79. The molecule has 1 aromatic heterocycles. The zero-order valence-corrected chi connectivity index (χ0v) is 13.6. The topological polar surface area (TPSA) is 75.5 Å². The summed E-state index contributed by atoms with van der Waals surface area (Å²) in [6.45, 7) is 0.491. The Morgan fingerprint density at radius 1 is 1.44 bits per heavy atom. The molecule has 1 aromatic carbocycles. The first-order chi connectivity index (χ1) is 12.0. The van der Waals surface area contributed by atoms with E-state index in [0.29, 0.717) is 6.61 Å². The number of halogens is 2. The predicted octanol–water partition coefficient (Wildman–Crippen LogP) is 1.86. The van der Waals surface area contributed by atoms with Crippen LogP contribution in [0.5, 0.6) is 6.01 Å². The molecule has 0 N–H and O–H groups in total. The molecule has 0 amide bonds. The fourth-order valence-electron chi connectivity index (χ4n) is 2.45. The quantitative estimate of drug-likeness (QED) is 0.738. The third-order valence-corrected chi connectivity index (χ3v) is 3.69. The minimum absolute atomic E-state index is 0.0648. The van der Waals surface area contributed by atoms with E-state index in [-0.39, 0.29) is 36.7 Å². The van der Waals surface area contributed by atoms with Gasteiger partial charge >= 0.3 is 12.0 Å². The van der Waals surface area contributed by atoms with Gasteiger partial charge in [0.25, 0.3) is 0 Å². The van der Waals surface area contributed by atoms with E-state index >= 15 is 0 Å². The van der Waals surface area contributed by atoms with Crippen molar-refractivity contribution in [1.82, 2.24) is 14.8 Å². The lowest BCUT2D eigenvalue weighted by atomic mass is 10.2. The van der Waals surface area contributed by atoms with E-state index in [0.717, 1.165) is 25.0 Å².